The second-order valence-corrected chi connectivity index (χ2v) is 7.39. The fourth-order valence-corrected chi connectivity index (χ4v) is 3.42. The Labute approximate surface area is 107 Å². The molecule has 0 aliphatic carbocycles. The van der Waals surface area contributed by atoms with Crippen LogP contribution in [0.1, 0.15) is 31.6 Å². The van der Waals surface area contributed by atoms with Gasteiger partial charge >= 0.3 is 0 Å². The minimum absolute atomic E-state index is 0.0602. The number of thioether (sulfide) groups is 1. The summed E-state index contributed by atoms with van der Waals surface area (Å²) in [6.45, 7) is 6.43. The van der Waals surface area contributed by atoms with Crippen molar-refractivity contribution in [1.82, 2.24) is 0 Å². The quantitative estimate of drug-likeness (QED) is 0.858. The Balaban J connectivity index is 3.10. The predicted molar refractivity (Wildman–Crippen MR) is 72.0 cm³/mol. The SMILES string of the molecule is CSC(c1ccc(S(=O)(=O)O)cc1)C(C)(C)C. The molecule has 3 nitrogen and oxygen atoms in total. The summed E-state index contributed by atoms with van der Waals surface area (Å²) in [5.41, 5.74) is 1.16. The standard InChI is InChI=1S/C12H18O3S2/c1-12(2,3)11(16-4)9-5-7-10(8-6-9)17(13,14)15/h5-8,11H,1-4H3,(H,13,14,15). The Morgan fingerprint density at radius 1 is 1.18 bits per heavy atom. The number of hydrogen-bond donors (Lipinski definition) is 1. The van der Waals surface area contributed by atoms with Crippen LogP contribution in [0.4, 0.5) is 0 Å². The summed E-state index contributed by atoms with van der Waals surface area (Å²) in [5, 5.41) is 0.290. The van der Waals surface area contributed by atoms with Crippen LogP contribution in [-0.4, -0.2) is 19.2 Å². The first-order chi connectivity index (χ1) is 7.66. The van der Waals surface area contributed by atoms with Crippen molar-refractivity contribution in [2.75, 3.05) is 6.26 Å². The molecule has 0 heterocycles. The lowest BCUT2D eigenvalue weighted by Crippen LogP contribution is -2.15. The molecule has 0 aliphatic rings. The summed E-state index contributed by atoms with van der Waals surface area (Å²) in [7, 11) is -4.09. The highest BCUT2D eigenvalue weighted by Gasteiger charge is 2.25. The van der Waals surface area contributed by atoms with Crippen LogP contribution in [0.5, 0.6) is 0 Å². The molecule has 0 spiro atoms. The Kier molecular flexibility index (Phi) is 4.28. The summed E-state index contributed by atoms with van der Waals surface area (Å²) in [6, 6.07) is 6.41. The normalized spacial score (nSPS) is 14.6. The molecule has 0 bridgehead atoms. The van der Waals surface area contributed by atoms with Crippen LogP contribution in [0.15, 0.2) is 29.2 Å². The Bertz CT molecular complexity index is 469. The lowest BCUT2D eigenvalue weighted by Gasteiger charge is -2.29. The molecule has 1 atom stereocenters. The second kappa shape index (κ2) is 5.00. The molecule has 0 fully saturated rings. The number of hydrogen-bond acceptors (Lipinski definition) is 3. The van der Waals surface area contributed by atoms with Gasteiger partial charge in [-0.05, 0) is 29.4 Å². The minimum Gasteiger partial charge on any atom is -0.282 e. The largest absolute Gasteiger partial charge is 0.294 e. The zero-order valence-corrected chi connectivity index (χ0v) is 12.1. The predicted octanol–water partition coefficient (Wildman–Crippen LogP) is 3.38. The van der Waals surface area contributed by atoms with Crippen molar-refractivity contribution in [2.24, 2.45) is 5.41 Å². The van der Waals surface area contributed by atoms with Crippen molar-refractivity contribution in [2.45, 2.75) is 30.9 Å². The van der Waals surface area contributed by atoms with E-state index in [2.05, 4.69) is 20.8 Å². The lowest BCUT2D eigenvalue weighted by atomic mass is 9.87. The molecule has 1 unspecified atom stereocenters. The molecule has 0 aliphatic heterocycles. The first-order valence-corrected chi connectivity index (χ1v) is 7.99. The van der Waals surface area contributed by atoms with E-state index in [1.165, 1.54) is 12.1 Å². The zero-order valence-electron chi connectivity index (χ0n) is 10.5. The molecule has 0 saturated heterocycles. The third-order valence-corrected chi connectivity index (χ3v) is 4.82. The molecule has 0 amide bonds. The van der Waals surface area contributed by atoms with Gasteiger partial charge in [0.15, 0.2) is 0 Å². The summed E-state index contributed by atoms with van der Waals surface area (Å²) in [4.78, 5) is -0.0602. The topological polar surface area (TPSA) is 54.4 Å². The van der Waals surface area contributed by atoms with Gasteiger partial charge in [-0.25, -0.2) is 0 Å². The molecule has 96 valence electrons. The highest BCUT2D eigenvalue weighted by Crippen LogP contribution is 2.42. The van der Waals surface area contributed by atoms with Gasteiger partial charge in [0.1, 0.15) is 0 Å². The first-order valence-electron chi connectivity index (χ1n) is 5.26. The van der Waals surface area contributed by atoms with Gasteiger partial charge in [-0.3, -0.25) is 4.55 Å². The van der Waals surface area contributed by atoms with E-state index < -0.39 is 10.1 Å². The van der Waals surface area contributed by atoms with Crippen LogP contribution in [0.25, 0.3) is 0 Å². The average molecular weight is 274 g/mol. The van der Waals surface area contributed by atoms with Crippen molar-refractivity contribution < 1.29 is 13.0 Å². The van der Waals surface area contributed by atoms with Gasteiger partial charge < -0.3 is 0 Å². The highest BCUT2D eigenvalue weighted by atomic mass is 32.2. The molecular weight excluding hydrogens is 256 g/mol. The van der Waals surface area contributed by atoms with Gasteiger partial charge in [-0.1, -0.05) is 32.9 Å². The van der Waals surface area contributed by atoms with Crippen LogP contribution < -0.4 is 0 Å². The smallest absolute Gasteiger partial charge is 0.282 e. The van der Waals surface area contributed by atoms with Gasteiger partial charge in [0, 0.05) is 5.25 Å². The van der Waals surface area contributed by atoms with Gasteiger partial charge in [0.05, 0.1) is 4.90 Å². The van der Waals surface area contributed by atoms with Gasteiger partial charge in [0.2, 0.25) is 0 Å². The van der Waals surface area contributed by atoms with Crippen molar-refractivity contribution in [3.05, 3.63) is 29.8 Å². The first kappa shape index (κ1) is 14.5. The molecule has 1 aromatic rings. The van der Waals surface area contributed by atoms with Crippen LogP contribution in [0.2, 0.25) is 0 Å². The summed E-state index contributed by atoms with van der Waals surface area (Å²) in [5.74, 6) is 0. The molecule has 1 N–H and O–H groups in total. The number of benzene rings is 1. The highest BCUT2D eigenvalue weighted by molar-refractivity contribution is 7.98. The van der Waals surface area contributed by atoms with E-state index in [-0.39, 0.29) is 15.6 Å². The van der Waals surface area contributed by atoms with Crippen LogP contribution in [0, 0.1) is 5.41 Å². The summed E-state index contributed by atoms with van der Waals surface area (Å²) in [6.07, 6.45) is 2.03. The van der Waals surface area contributed by atoms with Gasteiger partial charge in [0.25, 0.3) is 10.1 Å². The van der Waals surface area contributed by atoms with E-state index in [0.29, 0.717) is 0 Å². The van der Waals surface area contributed by atoms with Crippen molar-refractivity contribution in [3.63, 3.8) is 0 Å². The van der Waals surface area contributed by atoms with E-state index in [1.54, 1.807) is 23.9 Å². The average Bonchev–Trinajstić information content (AvgIpc) is 2.16. The second-order valence-electron chi connectivity index (χ2n) is 5.03. The van der Waals surface area contributed by atoms with Crippen molar-refractivity contribution in [3.8, 4) is 0 Å². The molecule has 0 saturated carbocycles. The maximum Gasteiger partial charge on any atom is 0.294 e. The van der Waals surface area contributed by atoms with E-state index in [4.69, 9.17) is 4.55 Å². The fourth-order valence-electron chi connectivity index (χ4n) is 1.80. The van der Waals surface area contributed by atoms with Crippen LogP contribution in [-0.2, 0) is 10.1 Å². The Morgan fingerprint density at radius 2 is 1.65 bits per heavy atom. The van der Waals surface area contributed by atoms with Crippen molar-refractivity contribution >= 4 is 21.9 Å². The molecule has 17 heavy (non-hydrogen) atoms. The van der Waals surface area contributed by atoms with Crippen molar-refractivity contribution in [1.29, 1.82) is 0 Å². The van der Waals surface area contributed by atoms with Crippen LogP contribution in [0.3, 0.4) is 0 Å². The lowest BCUT2D eigenvalue weighted by molar-refractivity contribution is 0.402. The molecule has 1 aromatic carbocycles. The Hall–Kier alpha value is -0.520. The molecule has 0 radical (unpaired) electrons. The maximum absolute atomic E-state index is 10.9. The zero-order chi connectivity index (χ0) is 13.3. The van der Waals surface area contributed by atoms with E-state index >= 15 is 0 Å². The van der Waals surface area contributed by atoms with Crippen LogP contribution >= 0.6 is 11.8 Å². The van der Waals surface area contributed by atoms with E-state index in [0.717, 1.165) is 5.56 Å². The summed E-state index contributed by atoms with van der Waals surface area (Å²) < 4.78 is 30.8. The molecular formula is C12H18O3S2. The Morgan fingerprint density at radius 3 is 1.94 bits per heavy atom. The molecule has 1 rings (SSSR count). The molecule has 5 heteroatoms. The fraction of sp³-hybridized carbons (Fsp3) is 0.500. The maximum atomic E-state index is 10.9. The summed E-state index contributed by atoms with van der Waals surface area (Å²) >= 11 is 1.73. The van der Waals surface area contributed by atoms with E-state index in [1.807, 2.05) is 6.26 Å². The van der Waals surface area contributed by atoms with Gasteiger partial charge in [-0.2, -0.15) is 20.2 Å². The third kappa shape index (κ3) is 3.72. The minimum atomic E-state index is -4.09. The van der Waals surface area contributed by atoms with Gasteiger partial charge in [-0.15, -0.1) is 0 Å². The van der Waals surface area contributed by atoms with E-state index in [9.17, 15) is 8.42 Å². The third-order valence-electron chi connectivity index (χ3n) is 2.50. The number of rotatable bonds is 3. The molecule has 0 aromatic heterocycles. The monoisotopic (exact) mass is 274 g/mol.